The molecule has 76 valence electrons. The third-order valence-corrected chi connectivity index (χ3v) is 1.74. The molecule has 1 amide bonds. The van der Waals surface area contributed by atoms with Crippen molar-refractivity contribution in [3.05, 3.63) is 34.2 Å². The lowest BCUT2D eigenvalue weighted by atomic mass is 10.3. The summed E-state index contributed by atoms with van der Waals surface area (Å²) < 4.78 is 0. The highest BCUT2D eigenvalue weighted by Gasteiger charge is 2.08. The Kier molecular flexibility index (Phi) is 3.41. The minimum absolute atomic E-state index is 0.105. The number of carbonyl (C=O) groups excluding carboxylic acids is 1. The fraction of sp³-hybridized carbons (Fsp3) is 0.333. The van der Waals surface area contributed by atoms with E-state index in [0.29, 0.717) is 6.54 Å². The SMILES string of the molecule is CC(CN)NC(=O)c1cccc(=O)[nH]1. The van der Waals surface area contributed by atoms with Gasteiger partial charge in [-0.05, 0) is 13.0 Å². The Morgan fingerprint density at radius 1 is 1.64 bits per heavy atom. The third-order valence-electron chi connectivity index (χ3n) is 1.74. The number of H-pyrrole nitrogens is 1. The van der Waals surface area contributed by atoms with Crippen LogP contribution in [-0.4, -0.2) is 23.5 Å². The smallest absolute Gasteiger partial charge is 0.268 e. The summed E-state index contributed by atoms with van der Waals surface area (Å²) in [5.74, 6) is -0.319. The zero-order valence-electron chi connectivity index (χ0n) is 7.91. The zero-order valence-corrected chi connectivity index (χ0v) is 7.91. The number of amides is 1. The van der Waals surface area contributed by atoms with E-state index in [2.05, 4.69) is 10.3 Å². The van der Waals surface area contributed by atoms with Gasteiger partial charge in [-0.1, -0.05) is 6.07 Å². The van der Waals surface area contributed by atoms with E-state index in [-0.39, 0.29) is 23.2 Å². The van der Waals surface area contributed by atoms with E-state index in [1.165, 1.54) is 12.1 Å². The summed E-state index contributed by atoms with van der Waals surface area (Å²) in [6, 6.07) is 4.32. The summed E-state index contributed by atoms with van der Waals surface area (Å²) in [5.41, 5.74) is 5.30. The van der Waals surface area contributed by atoms with Crippen LogP contribution in [-0.2, 0) is 0 Å². The molecule has 0 aromatic carbocycles. The number of carbonyl (C=O) groups is 1. The van der Waals surface area contributed by atoms with Crippen molar-refractivity contribution in [1.82, 2.24) is 10.3 Å². The van der Waals surface area contributed by atoms with Gasteiger partial charge in [-0.2, -0.15) is 0 Å². The van der Waals surface area contributed by atoms with Crippen molar-refractivity contribution in [2.24, 2.45) is 5.73 Å². The summed E-state index contributed by atoms with van der Waals surface area (Å²) in [6.45, 7) is 2.15. The number of nitrogens with one attached hydrogen (secondary N) is 2. The number of pyridine rings is 1. The zero-order chi connectivity index (χ0) is 10.6. The van der Waals surface area contributed by atoms with E-state index < -0.39 is 0 Å². The van der Waals surface area contributed by atoms with Crippen LogP contribution in [0.3, 0.4) is 0 Å². The number of hydrogen-bond donors (Lipinski definition) is 3. The number of aromatic amines is 1. The molecule has 0 fully saturated rings. The Labute approximate surface area is 81.3 Å². The highest BCUT2D eigenvalue weighted by molar-refractivity contribution is 5.92. The Morgan fingerprint density at radius 3 is 2.93 bits per heavy atom. The monoisotopic (exact) mass is 195 g/mol. The second-order valence-electron chi connectivity index (χ2n) is 3.04. The lowest BCUT2D eigenvalue weighted by molar-refractivity contribution is 0.0936. The topological polar surface area (TPSA) is 88.0 Å². The van der Waals surface area contributed by atoms with E-state index in [4.69, 9.17) is 5.73 Å². The minimum atomic E-state index is -0.319. The van der Waals surface area contributed by atoms with E-state index in [1.54, 1.807) is 13.0 Å². The van der Waals surface area contributed by atoms with Crippen molar-refractivity contribution in [1.29, 1.82) is 0 Å². The molecule has 0 aliphatic heterocycles. The Balaban J connectivity index is 2.75. The van der Waals surface area contributed by atoms with Crippen LogP contribution in [0, 0.1) is 0 Å². The van der Waals surface area contributed by atoms with Gasteiger partial charge >= 0.3 is 0 Å². The average Bonchev–Trinajstić information content (AvgIpc) is 2.17. The van der Waals surface area contributed by atoms with Crippen LogP contribution in [0.25, 0.3) is 0 Å². The van der Waals surface area contributed by atoms with Crippen LogP contribution in [0.2, 0.25) is 0 Å². The molecule has 1 aromatic rings. The first-order valence-corrected chi connectivity index (χ1v) is 4.33. The van der Waals surface area contributed by atoms with Crippen molar-refractivity contribution in [3.63, 3.8) is 0 Å². The molecule has 14 heavy (non-hydrogen) atoms. The van der Waals surface area contributed by atoms with Gasteiger partial charge < -0.3 is 16.0 Å². The molecule has 1 atom stereocenters. The minimum Gasteiger partial charge on any atom is -0.347 e. The maximum absolute atomic E-state index is 11.4. The molecular weight excluding hydrogens is 182 g/mol. The first-order valence-electron chi connectivity index (χ1n) is 4.33. The molecule has 0 aliphatic carbocycles. The third kappa shape index (κ3) is 2.70. The molecule has 0 saturated carbocycles. The molecule has 0 saturated heterocycles. The summed E-state index contributed by atoms with van der Waals surface area (Å²) in [5, 5.41) is 2.64. The molecule has 0 radical (unpaired) electrons. The largest absolute Gasteiger partial charge is 0.347 e. The predicted molar refractivity (Wildman–Crippen MR) is 53.0 cm³/mol. The summed E-state index contributed by atoms with van der Waals surface area (Å²) in [7, 11) is 0. The lowest BCUT2D eigenvalue weighted by Crippen LogP contribution is -2.38. The highest BCUT2D eigenvalue weighted by atomic mass is 16.2. The Hall–Kier alpha value is -1.62. The number of rotatable bonds is 3. The van der Waals surface area contributed by atoms with Crippen LogP contribution in [0.1, 0.15) is 17.4 Å². The highest BCUT2D eigenvalue weighted by Crippen LogP contribution is 1.90. The second-order valence-corrected chi connectivity index (χ2v) is 3.04. The molecule has 1 heterocycles. The fourth-order valence-corrected chi connectivity index (χ4v) is 0.941. The van der Waals surface area contributed by atoms with Gasteiger partial charge in [0.1, 0.15) is 5.69 Å². The Bertz CT molecular complexity index is 372. The first kappa shape index (κ1) is 10.5. The van der Waals surface area contributed by atoms with Crippen molar-refractivity contribution in [2.75, 3.05) is 6.54 Å². The van der Waals surface area contributed by atoms with Crippen LogP contribution in [0.5, 0.6) is 0 Å². The predicted octanol–water partition coefficient (Wildman–Crippen LogP) is -0.548. The molecule has 1 unspecified atom stereocenters. The summed E-state index contributed by atoms with van der Waals surface area (Å²) in [6.07, 6.45) is 0. The average molecular weight is 195 g/mol. The maximum atomic E-state index is 11.4. The van der Waals surface area contributed by atoms with Crippen LogP contribution < -0.4 is 16.6 Å². The van der Waals surface area contributed by atoms with Gasteiger partial charge in [-0.15, -0.1) is 0 Å². The number of aromatic nitrogens is 1. The molecule has 0 aliphatic rings. The molecule has 0 bridgehead atoms. The Morgan fingerprint density at radius 2 is 2.36 bits per heavy atom. The first-order chi connectivity index (χ1) is 6.63. The van der Waals surface area contributed by atoms with Crippen LogP contribution in [0.15, 0.2) is 23.0 Å². The van der Waals surface area contributed by atoms with Gasteiger partial charge in [0.05, 0.1) is 0 Å². The van der Waals surface area contributed by atoms with E-state index in [9.17, 15) is 9.59 Å². The van der Waals surface area contributed by atoms with Crippen molar-refractivity contribution >= 4 is 5.91 Å². The van der Waals surface area contributed by atoms with E-state index >= 15 is 0 Å². The number of nitrogens with two attached hydrogens (primary N) is 1. The van der Waals surface area contributed by atoms with Gasteiger partial charge in [-0.25, -0.2) is 0 Å². The van der Waals surface area contributed by atoms with Crippen LogP contribution >= 0.6 is 0 Å². The van der Waals surface area contributed by atoms with Crippen molar-refractivity contribution < 1.29 is 4.79 Å². The maximum Gasteiger partial charge on any atom is 0.268 e. The van der Waals surface area contributed by atoms with Gasteiger partial charge in [-0.3, -0.25) is 9.59 Å². The molecule has 4 N–H and O–H groups in total. The lowest BCUT2D eigenvalue weighted by Gasteiger charge is -2.10. The molecule has 0 spiro atoms. The van der Waals surface area contributed by atoms with Crippen molar-refractivity contribution in [3.8, 4) is 0 Å². The fourth-order valence-electron chi connectivity index (χ4n) is 0.941. The van der Waals surface area contributed by atoms with Gasteiger partial charge in [0, 0.05) is 18.7 Å². The standard InChI is InChI=1S/C9H13N3O2/c1-6(5-10)11-9(14)7-3-2-4-8(13)12-7/h2-4,6H,5,10H2,1H3,(H,11,14)(H,12,13). The molecule has 1 rings (SSSR count). The van der Waals surface area contributed by atoms with Gasteiger partial charge in [0.15, 0.2) is 0 Å². The summed E-state index contributed by atoms with van der Waals surface area (Å²) in [4.78, 5) is 24.7. The summed E-state index contributed by atoms with van der Waals surface area (Å²) >= 11 is 0. The molecule has 5 heteroatoms. The molecule has 5 nitrogen and oxygen atoms in total. The molecular formula is C9H13N3O2. The van der Waals surface area contributed by atoms with Crippen LogP contribution in [0.4, 0.5) is 0 Å². The number of hydrogen-bond acceptors (Lipinski definition) is 3. The van der Waals surface area contributed by atoms with E-state index in [1.807, 2.05) is 0 Å². The second kappa shape index (κ2) is 4.57. The van der Waals surface area contributed by atoms with E-state index in [0.717, 1.165) is 0 Å². The van der Waals surface area contributed by atoms with Gasteiger partial charge in [0.25, 0.3) is 5.91 Å². The molecule has 1 aromatic heterocycles. The van der Waals surface area contributed by atoms with Gasteiger partial charge in [0.2, 0.25) is 5.56 Å². The quantitative estimate of drug-likeness (QED) is 0.604. The normalized spacial score (nSPS) is 12.1. The van der Waals surface area contributed by atoms with Crippen molar-refractivity contribution in [2.45, 2.75) is 13.0 Å².